The van der Waals surface area contributed by atoms with Crippen LogP contribution in [0.1, 0.15) is 106 Å². The van der Waals surface area contributed by atoms with Gasteiger partial charge in [0, 0.05) is 32.0 Å². The van der Waals surface area contributed by atoms with E-state index in [-0.39, 0.29) is 43.8 Å². The lowest BCUT2D eigenvalue weighted by Gasteiger charge is -2.40. The van der Waals surface area contributed by atoms with Crippen molar-refractivity contribution in [1.29, 1.82) is 0 Å². The maximum Gasteiger partial charge on any atom is 0.329 e. The number of carbonyl (C=O) groups excluding carboxylic acids is 9. The summed E-state index contributed by atoms with van der Waals surface area (Å²) in [7, 11) is 1.43. The predicted molar refractivity (Wildman–Crippen MR) is 240 cm³/mol. The normalized spacial score (nSPS) is 25.3. The van der Waals surface area contributed by atoms with Gasteiger partial charge in [-0.1, -0.05) is 86.4 Å². The van der Waals surface area contributed by atoms with Crippen LogP contribution in [-0.2, 0) is 54.3 Å². The minimum atomic E-state index is -1.71. The molecule has 2 aliphatic heterocycles. The summed E-state index contributed by atoms with van der Waals surface area (Å²) in [5.41, 5.74) is 5.94. The monoisotopic (exact) mass is 911 g/mol. The molecule has 65 heavy (non-hydrogen) atoms. The highest BCUT2D eigenvalue weighted by molar-refractivity contribution is 5.99. The van der Waals surface area contributed by atoms with Crippen molar-refractivity contribution in [3.05, 3.63) is 42.1 Å². The van der Waals surface area contributed by atoms with Crippen molar-refractivity contribution in [3.8, 4) is 5.75 Å². The van der Waals surface area contributed by atoms with Gasteiger partial charge in [-0.05, 0) is 61.6 Å². The van der Waals surface area contributed by atoms with Crippen molar-refractivity contribution in [2.75, 3.05) is 7.05 Å². The van der Waals surface area contributed by atoms with E-state index in [0.717, 1.165) is 0 Å². The first-order valence-corrected chi connectivity index (χ1v) is 22.5. The number of nitrogens with zero attached hydrogens (tertiary/aromatic N) is 2. The molecule has 2 heterocycles. The fourth-order valence-corrected chi connectivity index (χ4v) is 7.52. The number of aromatic hydroxyl groups is 1. The molecule has 2 aliphatic rings. The SMILES string of the molecule is CCC(C)[C@@H]1NC(=O)[C@H](Cc2ccc(O)cc2)N(C)C(=O)[C@H](C(C)CC)N2C=CCC(NC(=O)[C@H](CC(C)C)NC(=O)[C@@H](NC(=O)[C@H](CCC(N)=O)NC(=O)C(C)C)[C@@H](C)OC1=O)C2=O. The molecule has 8 amide bonds. The Kier molecular flexibility index (Phi) is 20.0. The van der Waals surface area contributed by atoms with E-state index in [4.69, 9.17) is 10.5 Å². The third-order valence-electron chi connectivity index (χ3n) is 12.0. The third-order valence-corrected chi connectivity index (χ3v) is 12.0. The van der Waals surface area contributed by atoms with E-state index in [2.05, 4.69) is 26.6 Å². The number of likely N-dealkylation sites (N-methyl/N-ethyl adjacent to an activating group) is 1. The number of carbonyl (C=O) groups is 9. The third kappa shape index (κ3) is 14.8. The van der Waals surface area contributed by atoms with E-state index < -0.39 is 119 Å². The molecule has 10 atom stereocenters. The smallest absolute Gasteiger partial charge is 0.329 e. The first kappa shape index (κ1) is 53.3. The summed E-state index contributed by atoms with van der Waals surface area (Å²) in [6.45, 7) is 15.3. The number of fused-ring (bicyclic) bond motifs is 2. The highest BCUT2D eigenvalue weighted by Crippen LogP contribution is 2.25. The number of cyclic esters (lactones) is 1. The number of phenols is 1. The van der Waals surface area contributed by atoms with E-state index in [1.807, 2.05) is 20.8 Å². The van der Waals surface area contributed by atoms with Gasteiger partial charge in [0.1, 0.15) is 54.1 Å². The number of ether oxygens (including phenoxy) is 1. The van der Waals surface area contributed by atoms with Gasteiger partial charge in [-0.15, -0.1) is 0 Å². The number of benzene rings is 1. The van der Waals surface area contributed by atoms with Crippen LogP contribution in [0.25, 0.3) is 0 Å². The minimum absolute atomic E-state index is 0.0223. The van der Waals surface area contributed by atoms with E-state index in [0.29, 0.717) is 18.4 Å². The molecule has 0 saturated carbocycles. The lowest BCUT2D eigenvalue weighted by Crippen LogP contribution is -2.62. The Morgan fingerprint density at radius 2 is 1.49 bits per heavy atom. The number of nitrogens with two attached hydrogens (primary N) is 1. The maximum absolute atomic E-state index is 14.8. The van der Waals surface area contributed by atoms with Crippen molar-refractivity contribution in [3.63, 3.8) is 0 Å². The van der Waals surface area contributed by atoms with Gasteiger partial charge in [0.25, 0.3) is 0 Å². The van der Waals surface area contributed by atoms with Crippen molar-refractivity contribution in [1.82, 2.24) is 36.4 Å². The lowest BCUT2D eigenvalue weighted by molar-refractivity contribution is -0.158. The molecule has 0 radical (unpaired) electrons. The van der Waals surface area contributed by atoms with Gasteiger partial charge in [-0.2, -0.15) is 0 Å². The van der Waals surface area contributed by atoms with Crippen LogP contribution in [0.15, 0.2) is 36.5 Å². The Morgan fingerprint density at radius 1 is 0.862 bits per heavy atom. The highest BCUT2D eigenvalue weighted by Gasteiger charge is 2.44. The van der Waals surface area contributed by atoms with Gasteiger partial charge in [0.05, 0.1) is 0 Å². The molecule has 360 valence electrons. The number of phenolic OH excluding ortho intramolecular Hbond substituents is 1. The van der Waals surface area contributed by atoms with Crippen molar-refractivity contribution in [2.24, 2.45) is 29.4 Å². The molecule has 1 aromatic carbocycles. The number of esters is 1. The molecule has 1 aromatic rings. The largest absolute Gasteiger partial charge is 0.508 e. The average molecular weight is 911 g/mol. The number of hydrogen-bond acceptors (Lipinski definition) is 11. The fraction of sp³-hybridized carbons (Fsp3) is 0.630. The lowest BCUT2D eigenvalue weighted by atomic mass is 9.93. The van der Waals surface area contributed by atoms with E-state index >= 15 is 0 Å². The molecule has 0 aliphatic carbocycles. The minimum Gasteiger partial charge on any atom is -0.508 e. The van der Waals surface area contributed by atoms with Gasteiger partial charge < -0.3 is 52.0 Å². The fourth-order valence-electron chi connectivity index (χ4n) is 7.52. The predicted octanol–water partition coefficient (Wildman–Crippen LogP) is 1.31. The van der Waals surface area contributed by atoms with E-state index in [1.54, 1.807) is 52.8 Å². The zero-order valence-electron chi connectivity index (χ0n) is 39.3. The molecule has 3 unspecified atom stereocenters. The van der Waals surface area contributed by atoms with Crippen LogP contribution in [0.3, 0.4) is 0 Å². The molecule has 0 aromatic heterocycles. The van der Waals surface area contributed by atoms with Gasteiger partial charge in [-0.3, -0.25) is 38.4 Å². The van der Waals surface area contributed by atoms with Crippen LogP contribution in [0.5, 0.6) is 5.75 Å². The number of primary amides is 1. The average Bonchev–Trinajstić information content (AvgIpc) is 3.25. The van der Waals surface area contributed by atoms with Crippen LogP contribution in [0.4, 0.5) is 0 Å². The molecule has 3 rings (SSSR count). The summed E-state index contributed by atoms with van der Waals surface area (Å²) in [6, 6.07) is -3.23. The standard InChI is InChI=1S/C46H70N8O11/c1-11-26(7)36-46(64)65-28(9)37(52-40(58)31(19-20-35(47)56)48-39(57)25(5)6)43(61)50-33(22-24(3)4)41(59)49-32-14-13-21-54(44(32)62)38(27(8)12-2)45(63)53(10)34(42(60)51-36)23-29-15-17-30(55)18-16-29/h13,15-18,21,24-28,31-34,36-38,55H,11-12,14,19-20,22-23H2,1-10H3,(H2,47,56)(H,48,57)(H,49,59)(H,50,61)(H,51,60)(H,52,58)/t26?,27?,28-,31+,32?,33+,34+,36+,37+,38+/m1/s1. The second-order valence-electron chi connectivity index (χ2n) is 18.0. The summed E-state index contributed by atoms with van der Waals surface area (Å²) < 4.78 is 5.91. The van der Waals surface area contributed by atoms with E-state index in [1.165, 1.54) is 42.1 Å². The summed E-state index contributed by atoms with van der Waals surface area (Å²) >= 11 is 0. The zero-order valence-corrected chi connectivity index (χ0v) is 39.3. The van der Waals surface area contributed by atoms with Gasteiger partial charge in [0.15, 0.2) is 0 Å². The zero-order chi connectivity index (χ0) is 48.9. The van der Waals surface area contributed by atoms with E-state index in [9.17, 15) is 48.3 Å². The summed E-state index contributed by atoms with van der Waals surface area (Å²) in [6.07, 6.45) is 1.98. The van der Waals surface area contributed by atoms with Crippen molar-refractivity contribution in [2.45, 2.75) is 156 Å². The maximum atomic E-state index is 14.8. The first-order valence-electron chi connectivity index (χ1n) is 22.5. The Morgan fingerprint density at radius 3 is 2.06 bits per heavy atom. The molecule has 0 spiro atoms. The van der Waals surface area contributed by atoms with Gasteiger partial charge in [0.2, 0.25) is 47.3 Å². The molecule has 1 fully saturated rings. The van der Waals surface area contributed by atoms with Crippen LogP contribution < -0.4 is 32.3 Å². The van der Waals surface area contributed by atoms with Crippen LogP contribution in [-0.4, -0.2) is 124 Å². The van der Waals surface area contributed by atoms with Crippen molar-refractivity contribution < 1.29 is 53.0 Å². The molecule has 19 heteroatoms. The molecule has 8 N–H and O–H groups in total. The molecule has 1 saturated heterocycles. The second kappa shape index (κ2) is 24.3. The quantitative estimate of drug-likeness (QED) is 0.123. The number of hydrogen-bond donors (Lipinski definition) is 7. The molecular formula is C46H70N8O11. The summed E-state index contributed by atoms with van der Waals surface area (Å²) in [5.74, 6) is -8.59. The Labute approximate surface area is 381 Å². The Balaban J connectivity index is 2.25. The van der Waals surface area contributed by atoms with Gasteiger partial charge >= 0.3 is 5.97 Å². The van der Waals surface area contributed by atoms with Crippen LogP contribution in [0.2, 0.25) is 0 Å². The Hall–Kier alpha value is -6.01. The molecule has 19 nitrogen and oxygen atoms in total. The first-order chi connectivity index (χ1) is 30.5. The number of rotatable bonds is 15. The topological polar surface area (TPSA) is 276 Å². The van der Waals surface area contributed by atoms with Crippen LogP contribution >= 0.6 is 0 Å². The molecule has 2 bridgehead atoms. The van der Waals surface area contributed by atoms with Crippen LogP contribution in [0, 0.1) is 23.7 Å². The summed E-state index contributed by atoms with van der Waals surface area (Å²) in [4.78, 5) is 128. The number of amides is 8. The number of nitrogens with one attached hydrogen (secondary N) is 5. The van der Waals surface area contributed by atoms with Crippen molar-refractivity contribution >= 4 is 53.2 Å². The second-order valence-corrected chi connectivity index (χ2v) is 18.0. The van der Waals surface area contributed by atoms with Gasteiger partial charge in [-0.25, -0.2) is 4.79 Å². The highest BCUT2D eigenvalue weighted by atomic mass is 16.5. The molecular weight excluding hydrogens is 841 g/mol. The summed E-state index contributed by atoms with van der Waals surface area (Å²) in [5, 5.41) is 23.3. The Bertz CT molecular complexity index is 1920.